The van der Waals surface area contributed by atoms with E-state index < -0.39 is 0 Å². The Morgan fingerprint density at radius 2 is 1.64 bits per heavy atom. The van der Waals surface area contributed by atoms with Gasteiger partial charge in [-0.15, -0.1) is 0 Å². The van der Waals surface area contributed by atoms with E-state index in [2.05, 4.69) is 15.0 Å². The lowest BCUT2D eigenvalue weighted by Crippen LogP contribution is -2.41. The van der Waals surface area contributed by atoms with Gasteiger partial charge in [-0.1, -0.05) is 74.0 Å². The van der Waals surface area contributed by atoms with Crippen LogP contribution in [-0.2, 0) is 11.3 Å². The number of aromatic nitrogens is 2. The predicted molar refractivity (Wildman–Crippen MR) is 108 cm³/mol. The van der Waals surface area contributed by atoms with Gasteiger partial charge in [0.2, 0.25) is 17.6 Å². The summed E-state index contributed by atoms with van der Waals surface area (Å²) in [7, 11) is 0. The maximum atomic E-state index is 13.2. The van der Waals surface area contributed by atoms with Crippen molar-refractivity contribution in [1.82, 2.24) is 15.0 Å². The van der Waals surface area contributed by atoms with Crippen molar-refractivity contribution in [3.05, 3.63) is 36.2 Å². The zero-order valence-corrected chi connectivity index (χ0v) is 16.7. The van der Waals surface area contributed by atoms with Gasteiger partial charge < -0.3 is 9.42 Å². The minimum absolute atomic E-state index is 0.276. The molecule has 2 aliphatic rings. The summed E-state index contributed by atoms with van der Waals surface area (Å²) in [6, 6.07) is 10.2. The molecule has 150 valence electrons. The summed E-state index contributed by atoms with van der Waals surface area (Å²) in [5.41, 5.74) is 0.940. The second-order valence-electron chi connectivity index (χ2n) is 8.40. The molecule has 0 saturated heterocycles. The van der Waals surface area contributed by atoms with Gasteiger partial charge in [-0.2, -0.15) is 4.98 Å². The second-order valence-corrected chi connectivity index (χ2v) is 8.40. The predicted octanol–water partition coefficient (Wildman–Crippen LogP) is 5.37. The minimum atomic E-state index is 0.276. The fourth-order valence-electron chi connectivity index (χ4n) is 4.74. The van der Waals surface area contributed by atoms with Crippen LogP contribution in [0.2, 0.25) is 0 Å². The Balaban J connectivity index is 1.47. The van der Waals surface area contributed by atoms with Crippen LogP contribution in [-0.4, -0.2) is 27.0 Å². The first-order valence-electron chi connectivity index (χ1n) is 11.0. The fourth-order valence-corrected chi connectivity index (χ4v) is 4.74. The second kappa shape index (κ2) is 9.35. The molecule has 2 aliphatic carbocycles. The zero-order valence-electron chi connectivity index (χ0n) is 16.7. The minimum Gasteiger partial charge on any atom is -0.337 e. The molecule has 0 unspecified atom stereocenters. The van der Waals surface area contributed by atoms with Gasteiger partial charge >= 0.3 is 0 Å². The van der Waals surface area contributed by atoms with E-state index in [4.69, 9.17) is 4.52 Å². The molecule has 5 nitrogen and oxygen atoms in total. The molecule has 1 aromatic heterocycles. The molecule has 1 amide bonds. The molecule has 2 saturated carbocycles. The Bertz CT molecular complexity index is 746. The summed E-state index contributed by atoms with van der Waals surface area (Å²) in [6.07, 6.45) is 12.8. The van der Waals surface area contributed by atoms with Crippen LogP contribution in [0.15, 0.2) is 34.9 Å². The Morgan fingerprint density at radius 3 is 2.36 bits per heavy atom. The lowest BCUT2D eigenvalue weighted by Gasteiger charge is -2.35. The van der Waals surface area contributed by atoms with E-state index >= 15 is 0 Å². The number of hydrogen-bond donors (Lipinski definition) is 0. The first kappa shape index (κ1) is 19.2. The Hall–Kier alpha value is -2.17. The average Bonchev–Trinajstić information content (AvgIpc) is 3.23. The molecule has 5 heteroatoms. The van der Waals surface area contributed by atoms with Gasteiger partial charge in [-0.05, 0) is 31.6 Å². The van der Waals surface area contributed by atoms with Crippen LogP contribution in [0.5, 0.6) is 0 Å². The monoisotopic (exact) mass is 381 g/mol. The summed E-state index contributed by atoms with van der Waals surface area (Å²) >= 11 is 0. The van der Waals surface area contributed by atoms with Gasteiger partial charge in [0.15, 0.2) is 0 Å². The Labute approximate surface area is 167 Å². The van der Waals surface area contributed by atoms with E-state index in [-0.39, 0.29) is 5.91 Å². The number of carbonyl (C=O) groups excluding carboxylic acids is 1. The zero-order chi connectivity index (χ0) is 19.2. The molecule has 0 N–H and O–H groups in total. The van der Waals surface area contributed by atoms with Gasteiger partial charge in [0, 0.05) is 18.0 Å². The average molecular weight is 382 g/mol. The van der Waals surface area contributed by atoms with Crippen LogP contribution in [0.3, 0.4) is 0 Å². The summed E-state index contributed by atoms with van der Waals surface area (Å²) in [6.45, 7) is 0.441. The van der Waals surface area contributed by atoms with Crippen LogP contribution in [0.1, 0.15) is 76.5 Å². The van der Waals surface area contributed by atoms with Gasteiger partial charge in [0.1, 0.15) is 6.54 Å². The lowest BCUT2D eigenvalue weighted by molar-refractivity contribution is -0.136. The molecule has 28 heavy (non-hydrogen) atoms. The molecule has 0 bridgehead atoms. The number of nitrogens with zero attached hydrogens (tertiary/aromatic N) is 3. The van der Waals surface area contributed by atoms with Crippen molar-refractivity contribution in [3.63, 3.8) is 0 Å². The third kappa shape index (κ3) is 4.81. The van der Waals surface area contributed by atoms with E-state index in [0.29, 0.717) is 36.6 Å². The molecular weight excluding hydrogens is 350 g/mol. The highest BCUT2D eigenvalue weighted by Gasteiger charge is 2.29. The van der Waals surface area contributed by atoms with Crippen molar-refractivity contribution in [3.8, 4) is 11.4 Å². The molecule has 0 aliphatic heterocycles. The van der Waals surface area contributed by atoms with E-state index in [1.165, 1.54) is 51.4 Å². The van der Waals surface area contributed by atoms with Gasteiger partial charge in [-0.3, -0.25) is 4.79 Å². The number of amides is 1. The third-order valence-electron chi connectivity index (χ3n) is 6.33. The first-order chi connectivity index (χ1) is 13.8. The molecule has 1 heterocycles. The summed E-state index contributed by atoms with van der Waals surface area (Å²) in [4.78, 5) is 19.9. The van der Waals surface area contributed by atoms with Crippen molar-refractivity contribution in [2.75, 3.05) is 0 Å². The van der Waals surface area contributed by atoms with Gasteiger partial charge in [0.05, 0.1) is 0 Å². The number of benzene rings is 1. The molecule has 2 fully saturated rings. The van der Waals surface area contributed by atoms with Gasteiger partial charge in [-0.25, -0.2) is 0 Å². The maximum absolute atomic E-state index is 13.2. The van der Waals surface area contributed by atoms with Crippen LogP contribution in [0, 0.1) is 5.92 Å². The third-order valence-corrected chi connectivity index (χ3v) is 6.33. The normalized spacial score (nSPS) is 18.9. The highest BCUT2D eigenvalue weighted by atomic mass is 16.5. The summed E-state index contributed by atoms with van der Waals surface area (Å²) < 4.78 is 5.53. The van der Waals surface area contributed by atoms with Crippen LogP contribution in [0.4, 0.5) is 0 Å². The Kier molecular flexibility index (Phi) is 6.40. The van der Waals surface area contributed by atoms with E-state index in [9.17, 15) is 4.79 Å². The van der Waals surface area contributed by atoms with Gasteiger partial charge in [0.25, 0.3) is 0 Å². The van der Waals surface area contributed by atoms with Crippen LogP contribution < -0.4 is 0 Å². The van der Waals surface area contributed by atoms with Crippen molar-refractivity contribution < 1.29 is 9.32 Å². The SMILES string of the molecule is O=C(CC1CCCCC1)N(Cc1nc(-c2ccccc2)no1)C1CCCCC1. The quantitative estimate of drug-likeness (QED) is 0.675. The van der Waals surface area contributed by atoms with Crippen molar-refractivity contribution >= 4 is 5.91 Å². The first-order valence-corrected chi connectivity index (χ1v) is 11.0. The smallest absolute Gasteiger partial charge is 0.246 e. The number of hydrogen-bond acceptors (Lipinski definition) is 4. The Morgan fingerprint density at radius 1 is 0.964 bits per heavy atom. The number of carbonyl (C=O) groups is 1. The molecule has 1 aromatic carbocycles. The van der Waals surface area contributed by atoms with Crippen molar-refractivity contribution in [2.24, 2.45) is 5.92 Å². The highest BCUT2D eigenvalue weighted by Crippen LogP contribution is 2.30. The molecular formula is C23H31N3O2. The topological polar surface area (TPSA) is 59.2 Å². The molecule has 0 spiro atoms. The maximum Gasteiger partial charge on any atom is 0.246 e. The molecule has 4 rings (SSSR count). The van der Waals surface area contributed by atoms with Crippen LogP contribution in [0.25, 0.3) is 11.4 Å². The highest BCUT2D eigenvalue weighted by molar-refractivity contribution is 5.76. The van der Waals surface area contributed by atoms with E-state index in [1.807, 2.05) is 30.3 Å². The van der Waals surface area contributed by atoms with Crippen molar-refractivity contribution in [1.29, 1.82) is 0 Å². The molecule has 2 aromatic rings. The fraction of sp³-hybridized carbons (Fsp3) is 0.609. The largest absolute Gasteiger partial charge is 0.337 e. The standard InChI is InChI=1S/C23H31N3O2/c27-22(16-18-10-4-1-5-11-18)26(20-14-8-3-9-15-20)17-21-24-23(25-28-21)19-12-6-2-7-13-19/h2,6-7,12-13,18,20H,1,3-5,8-11,14-17H2. The summed E-state index contributed by atoms with van der Waals surface area (Å²) in [5.74, 6) is 1.97. The lowest BCUT2D eigenvalue weighted by atomic mass is 9.86. The molecule has 0 atom stereocenters. The number of rotatable bonds is 6. The van der Waals surface area contributed by atoms with E-state index in [0.717, 1.165) is 18.4 Å². The molecule has 0 radical (unpaired) electrons. The van der Waals surface area contributed by atoms with Crippen LogP contribution >= 0.6 is 0 Å². The van der Waals surface area contributed by atoms with E-state index in [1.54, 1.807) is 0 Å². The summed E-state index contributed by atoms with van der Waals surface area (Å²) in [5, 5.41) is 4.14. The van der Waals surface area contributed by atoms with Crippen molar-refractivity contribution in [2.45, 2.75) is 83.2 Å².